The Kier molecular flexibility index (Phi) is 5.32. The second-order valence-corrected chi connectivity index (χ2v) is 4.01. The standard InChI is InChI=1S/C12H23N3O/c1-5-13-9-7-6-8-11-10(2)14-15(3)12(11)16-4/h13H,5-9H2,1-4H3. The van der Waals surface area contributed by atoms with E-state index in [9.17, 15) is 0 Å². The first kappa shape index (κ1) is 13.0. The number of nitrogens with zero attached hydrogens (tertiary/aromatic N) is 2. The highest BCUT2D eigenvalue weighted by Gasteiger charge is 2.12. The lowest BCUT2D eigenvalue weighted by Gasteiger charge is -2.05. The van der Waals surface area contributed by atoms with Gasteiger partial charge in [0.25, 0.3) is 0 Å². The van der Waals surface area contributed by atoms with Crippen LogP contribution in [0.4, 0.5) is 0 Å². The molecule has 1 aromatic heterocycles. The maximum absolute atomic E-state index is 5.36. The van der Waals surface area contributed by atoms with Crippen LogP contribution in [0.5, 0.6) is 5.88 Å². The van der Waals surface area contributed by atoms with Gasteiger partial charge in [0.15, 0.2) is 0 Å². The summed E-state index contributed by atoms with van der Waals surface area (Å²) >= 11 is 0. The van der Waals surface area contributed by atoms with E-state index in [4.69, 9.17) is 4.74 Å². The molecule has 0 radical (unpaired) electrons. The first-order valence-electron chi connectivity index (χ1n) is 5.97. The zero-order chi connectivity index (χ0) is 12.0. The second-order valence-electron chi connectivity index (χ2n) is 4.01. The maximum atomic E-state index is 5.36. The van der Waals surface area contributed by atoms with Crippen molar-refractivity contribution in [3.05, 3.63) is 11.3 Å². The van der Waals surface area contributed by atoms with Crippen LogP contribution in [0.3, 0.4) is 0 Å². The van der Waals surface area contributed by atoms with Gasteiger partial charge in [-0.25, -0.2) is 4.68 Å². The number of rotatable bonds is 7. The minimum absolute atomic E-state index is 0.904. The number of hydrogen-bond acceptors (Lipinski definition) is 3. The second kappa shape index (κ2) is 6.53. The van der Waals surface area contributed by atoms with E-state index in [1.807, 2.05) is 18.7 Å². The Morgan fingerprint density at radius 2 is 2.12 bits per heavy atom. The van der Waals surface area contributed by atoms with Crippen LogP contribution in [-0.2, 0) is 13.5 Å². The van der Waals surface area contributed by atoms with Crippen LogP contribution >= 0.6 is 0 Å². The van der Waals surface area contributed by atoms with Gasteiger partial charge >= 0.3 is 0 Å². The van der Waals surface area contributed by atoms with Crippen molar-refractivity contribution in [1.82, 2.24) is 15.1 Å². The van der Waals surface area contributed by atoms with Gasteiger partial charge in [-0.2, -0.15) is 5.10 Å². The first-order valence-corrected chi connectivity index (χ1v) is 5.97. The molecule has 4 nitrogen and oxygen atoms in total. The van der Waals surface area contributed by atoms with Crippen molar-refractivity contribution in [2.45, 2.75) is 33.1 Å². The fraction of sp³-hybridized carbons (Fsp3) is 0.750. The fourth-order valence-electron chi connectivity index (χ4n) is 1.95. The highest BCUT2D eigenvalue weighted by molar-refractivity contribution is 5.30. The molecule has 0 spiro atoms. The summed E-state index contributed by atoms with van der Waals surface area (Å²) in [6.07, 6.45) is 3.43. The van der Waals surface area contributed by atoms with Crippen molar-refractivity contribution in [2.75, 3.05) is 20.2 Å². The normalized spacial score (nSPS) is 10.8. The van der Waals surface area contributed by atoms with Crippen molar-refractivity contribution in [2.24, 2.45) is 7.05 Å². The topological polar surface area (TPSA) is 39.1 Å². The van der Waals surface area contributed by atoms with Crippen molar-refractivity contribution in [3.8, 4) is 5.88 Å². The van der Waals surface area contributed by atoms with Crippen LogP contribution < -0.4 is 10.1 Å². The molecule has 4 heteroatoms. The lowest BCUT2D eigenvalue weighted by molar-refractivity contribution is 0.368. The molecule has 0 fully saturated rings. The molecule has 0 amide bonds. The third kappa shape index (κ3) is 3.23. The summed E-state index contributed by atoms with van der Waals surface area (Å²) < 4.78 is 7.17. The summed E-state index contributed by atoms with van der Waals surface area (Å²) in [5.41, 5.74) is 2.34. The molecule has 0 aliphatic rings. The zero-order valence-corrected chi connectivity index (χ0v) is 10.8. The molecule has 0 aliphatic carbocycles. The quantitative estimate of drug-likeness (QED) is 0.717. The van der Waals surface area contributed by atoms with E-state index in [1.54, 1.807) is 7.11 Å². The Hall–Kier alpha value is -1.03. The van der Waals surface area contributed by atoms with E-state index in [2.05, 4.69) is 17.3 Å². The van der Waals surface area contributed by atoms with Crippen LogP contribution in [0, 0.1) is 6.92 Å². The summed E-state index contributed by atoms with van der Waals surface area (Å²) in [7, 11) is 3.63. The molecule has 92 valence electrons. The predicted molar refractivity (Wildman–Crippen MR) is 66.0 cm³/mol. The molecule has 16 heavy (non-hydrogen) atoms. The molecule has 0 aromatic carbocycles. The monoisotopic (exact) mass is 225 g/mol. The van der Waals surface area contributed by atoms with E-state index in [0.29, 0.717) is 0 Å². The van der Waals surface area contributed by atoms with Gasteiger partial charge < -0.3 is 10.1 Å². The summed E-state index contributed by atoms with van der Waals surface area (Å²) in [5.74, 6) is 0.904. The van der Waals surface area contributed by atoms with E-state index in [0.717, 1.165) is 31.1 Å². The highest BCUT2D eigenvalue weighted by Crippen LogP contribution is 2.22. The Morgan fingerprint density at radius 3 is 2.75 bits per heavy atom. The molecule has 1 N–H and O–H groups in total. The third-order valence-corrected chi connectivity index (χ3v) is 2.76. The Bertz CT molecular complexity index is 320. The van der Waals surface area contributed by atoms with Gasteiger partial charge in [0.05, 0.1) is 12.8 Å². The molecule has 1 rings (SSSR count). The van der Waals surface area contributed by atoms with Gasteiger partial charge in [-0.3, -0.25) is 0 Å². The molecular weight excluding hydrogens is 202 g/mol. The van der Waals surface area contributed by atoms with Gasteiger partial charge in [0.1, 0.15) is 0 Å². The van der Waals surface area contributed by atoms with E-state index in [1.165, 1.54) is 18.4 Å². The molecule has 0 atom stereocenters. The number of nitrogens with one attached hydrogen (secondary N) is 1. The third-order valence-electron chi connectivity index (χ3n) is 2.76. The van der Waals surface area contributed by atoms with Gasteiger partial charge in [0, 0.05) is 12.6 Å². The van der Waals surface area contributed by atoms with Crippen molar-refractivity contribution < 1.29 is 4.74 Å². The van der Waals surface area contributed by atoms with Crippen LogP contribution in [0.25, 0.3) is 0 Å². The Labute approximate surface area is 98.0 Å². The zero-order valence-electron chi connectivity index (χ0n) is 10.8. The molecule has 0 unspecified atom stereocenters. The number of ether oxygens (including phenoxy) is 1. The average Bonchev–Trinajstić information content (AvgIpc) is 2.53. The number of hydrogen-bond donors (Lipinski definition) is 1. The summed E-state index contributed by atoms with van der Waals surface area (Å²) in [6.45, 7) is 6.32. The minimum atomic E-state index is 0.904. The first-order chi connectivity index (χ1) is 7.70. The molecule has 0 saturated carbocycles. The van der Waals surface area contributed by atoms with Gasteiger partial charge in [-0.1, -0.05) is 6.92 Å². The van der Waals surface area contributed by atoms with Crippen LogP contribution in [0.15, 0.2) is 0 Å². The van der Waals surface area contributed by atoms with Gasteiger partial charge in [0.2, 0.25) is 5.88 Å². The summed E-state index contributed by atoms with van der Waals surface area (Å²) in [4.78, 5) is 0. The molecule has 0 bridgehead atoms. The molecule has 0 aliphatic heterocycles. The Morgan fingerprint density at radius 1 is 1.38 bits per heavy atom. The lowest BCUT2D eigenvalue weighted by Crippen LogP contribution is -2.14. The molecule has 0 saturated heterocycles. The van der Waals surface area contributed by atoms with Crippen molar-refractivity contribution in [3.63, 3.8) is 0 Å². The number of methoxy groups -OCH3 is 1. The summed E-state index contributed by atoms with van der Waals surface area (Å²) in [6, 6.07) is 0. The Balaban J connectivity index is 2.46. The minimum Gasteiger partial charge on any atom is -0.481 e. The van der Waals surface area contributed by atoms with E-state index < -0.39 is 0 Å². The van der Waals surface area contributed by atoms with E-state index >= 15 is 0 Å². The molecular formula is C12H23N3O. The van der Waals surface area contributed by atoms with Crippen molar-refractivity contribution in [1.29, 1.82) is 0 Å². The smallest absolute Gasteiger partial charge is 0.214 e. The van der Waals surface area contributed by atoms with Gasteiger partial charge in [-0.05, 0) is 39.3 Å². The summed E-state index contributed by atoms with van der Waals surface area (Å²) in [5, 5.41) is 7.70. The van der Waals surface area contributed by atoms with E-state index in [-0.39, 0.29) is 0 Å². The van der Waals surface area contributed by atoms with Crippen molar-refractivity contribution >= 4 is 0 Å². The maximum Gasteiger partial charge on any atom is 0.214 e. The number of unbranched alkanes of at least 4 members (excludes halogenated alkanes) is 1. The molecule has 1 aromatic rings. The predicted octanol–water partition coefficient (Wildman–Crippen LogP) is 1.67. The highest BCUT2D eigenvalue weighted by atomic mass is 16.5. The largest absolute Gasteiger partial charge is 0.481 e. The lowest BCUT2D eigenvalue weighted by atomic mass is 10.1. The van der Waals surface area contributed by atoms with Crippen LogP contribution in [-0.4, -0.2) is 30.0 Å². The van der Waals surface area contributed by atoms with Crippen LogP contribution in [0.1, 0.15) is 31.0 Å². The number of aryl methyl sites for hydroxylation is 2. The van der Waals surface area contributed by atoms with Gasteiger partial charge in [-0.15, -0.1) is 0 Å². The average molecular weight is 225 g/mol. The fourth-order valence-corrected chi connectivity index (χ4v) is 1.95. The molecule has 1 heterocycles. The number of aromatic nitrogens is 2. The SMILES string of the molecule is CCNCCCCc1c(C)nn(C)c1OC. The van der Waals surface area contributed by atoms with Crippen LogP contribution in [0.2, 0.25) is 0 Å².